The number of aryl methyl sites for hydroxylation is 1. The maximum absolute atomic E-state index is 3.34. The van der Waals surface area contributed by atoms with Crippen LogP contribution in [0.4, 0.5) is 0 Å². The minimum Gasteiger partial charge on any atom is -0.361 e. The molecule has 1 heteroatoms. The highest BCUT2D eigenvalue weighted by atomic mass is 14.7. The number of nitrogens with one attached hydrogen (secondary N) is 1. The van der Waals surface area contributed by atoms with E-state index in [1.807, 2.05) is 0 Å². The van der Waals surface area contributed by atoms with Gasteiger partial charge >= 0.3 is 0 Å². The Labute approximate surface area is 95.1 Å². The van der Waals surface area contributed by atoms with Crippen molar-refractivity contribution >= 4 is 10.9 Å². The van der Waals surface area contributed by atoms with Crippen LogP contribution in [0.1, 0.15) is 16.7 Å². The lowest BCUT2D eigenvalue weighted by Gasteiger charge is -2.02. The molecule has 16 heavy (non-hydrogen) atoms. The maximum Gasteiger partial charge on any atom is 0.0459 e. The minimum atomic E-state index is 1.01. The summed E-state index contributed by atoms with van der Waals surface area (Å²) in [6.07, 6.45) is 3.13. The molecule has 3 aromatic rings. The molecule has 0 radical (unpaired) electrons. The summed E-state index contributed by atoms with van der Waals surface area (Å²) in [5.74, 6) is 0. The molecule has 0 aliphatic carbocycles. The van der Waals surface area contributed by atoms with E-state index in [2.05, 4.69) is 60.6 Å². The predicted molar refractivity (Wildman–Crippen MR) is 67.9 cm³/mol. The van der Waals surface area contributed by atoms with Gasteiger partial charge < -0.3 is 4.98 Å². The summed E-state index contributed by atoms with van der Waals surface area (Å²) in [7, 11) is 0. The molecule has 0 saturated heterocycles. The number of aromatic nitrogens is 1. The second-order valence-corrected chi connectivity index (χ2v) is 4.33. The summed E-state index contributed by atoms with van der Waals surface area (Å²) in [6.45, 7) is 2.12. The van der Waals surface area contributed by atoms with Crippen LogP contribution in [0.2, 0.25) is 0 Å². The van der Waals surface area contributed by atoms with Crippen LogP contribution < -0.4 is 0 Å². The SMILES string of the molecule is Cc1ccc2c(Cc3cc[cH-]c3)c[nH]c2c1. The zero-order valence-electron chi connectivity index (χ0n) is 9.33. The van der Waals surface area contributed by atoms with Crippen molar-refractivity contribution in [3.05, 3.63) is 65.4 Å². The maximum atomic E-state index is 3.34. The van der Waals surface area contributed by atoms with Crippen LogP contribution in [0.3, 0.4) is 0 Å². The Morgan fingerprint density at radius 3 is 3.00 bits per heavy atom. The third-order valence-corrected chi connectivity index (χ3v) is 3.05. The molecule has 0 atom stereocenters. The van der Waals surface area contributed by atoms with E-state index >= 15 is 0 Å². The zero-order chi connectivity index (χ0) is 11.0. The minimum absolute atomic E-state index is 1.01. The molecular formula is C15H14N-. The Hall–Kier alpha value is -1.89. The Morgan fingerprint density at radius 1 is 1.25 bits per heavy atom. The fourth-order valence-electron chi connectivity index (χ4n) is 2.20. The van der Waals surface area contributed by atoms with E-state index in [-0.39, 0.29) is 0 Å². The molecule has 3 rings (SSSR count). The van der Waals surface area contributed by atoms with Gasteiger partial charge in [-0.3, -0.25) is 0 Å². The van der Waals surface area contributed by atoms with E-state index in [1.54, 1.807) is 0 Å². The van der Waals surface area contributed by atoms with Crippen molar-refractivity contribution in [1.29, 1.82) is 0 Å². The van der Waals surface area contributed by atoms with Crippen molar-refractivity contribution in [2.75, 3.05) is 0 Å². The van der Waals surface area contributed by atoms with Crippen molar-refractivity contribution in [3.8, 4) is 0 Å². The third-order valence-electron chi connectivity index (χ3n) is 3.05. The first-order valence-corrected chi connectivity index (χ1v) is 5.60. The van der Waals surface area contributed by atoms with Crippen molar-refractivity contribution in [2.24, 2.45) is 0 Å². The Balaban J connectivity index is 2.04. The van der Waals surface area contributed by atoms with E-state index in [9.17, 15) is 0 Å². The largest absolute Gasteiger partial charge is 0.361 e. The number of benzene rings is 1. The van der Waals surface area contributed by atoms with Crippen molar-refractivity contribution in [3.63, 3.8) is 0 Å². The van der Waals surface area contributed by atoms with Crippen LogP contribution in [0, 0.1) is 6.92 Å². The second kappa shape index (κ2) is 3.60. The van der Waals surface area contributed by atoms with Gasteiger partial charge in [-0.25, -0.2) is 6.07 Å². The Bertz CT molecular complexity index is 599. The lowest BCUT2D eigenvalue weighted by molar-refractivity contribution is 1.22. The molecule has 1 heterocycles. The number of rotatable bonds is 2. The van der Waals surface area contributed by atoms with Gasteiger partial charge in [-0.15, -0.1) is 0 Å². The van der Waals surface area contributed by atoms with Crippen molar-refractivity contribution in [1.82, 2.24) is 4.98 Å². The van der Waals surface area contributed by atoms with Crippen LogP contribution in [0.5, 0.6) is 0 Å². The van der Waals surface area contributed by atoms with Gasteiger partial charge in [0.1, 0.15) is 0 Å². The normalized spacial score (nSPS) is 11.1. The van der Waals surface area contributed by atoms with Gasteiger partial charge in [-0.1, -0.05) is 18.6 Å². The van der Waals surface area contributed by atoms with E-state index in [0.29, 0.717) is 0 Å². The van der Waals surface area contributed by atoms with Crippen LogP contribution in [-0.4, -0.2) is 4.98 Å². The number of fused-ring (bicyclic) bond motifs is 1. The lowest BCUT2D eigenvalue weighted by Crippen LogP contribution is -1.83. The monoisotopic (exact) mass is 208 g/mol. The number of H-pyrrole nitrogens is 1. The summed E-state index contributed by atoms with van der Waals surface area (Å²) < 4.78 is 0. The average Bonchev–Trinajstić information content (AvgIpc) is 2.89. The van der Waals surface area contributed by atoms with Crippen LogP contribution in [-0.2, 0) is 6.42 Å². The quantitative estimate of drug-likeness (QED) is 0.617. The summed E-state index contributed by atoms with van der Waals surface area (Å²) in [6, 6.07) is 15.1. The molecular weight excluding hydrogens is 194 g/mol. The van der Waals surface area contributed by atoms with E-state index in [4.69, 9.17) is 0 Å². The fourth-order valence-corrected chi connectivity index (χ4v) is 2.20. The third kappa shape index (κ3) is 1.54. The molecule has 1 nitrogen and oxygen atoms in total. The van der Waals surface area contributed by atoms with Crippen LogP contribution >= 0.6 is 0 Å². The van der Waals surface area contributed by atoms with Gasteiger partial charge in [-0.2, -0.15) is 23.8 Å². The molecule has 0 fully saturated rings. The lowest BCUT2D eigenvalue weighted by atomic mass is 10.1. The van der Waals surface area contributed by atoms with Gasteiger partial charge in [-0.05, 0) is 24.1 Å². The topological polar surface area (TPSA) is 15.8 Å². The van der Waals surface area contributed by atoms with Crippen molar-refractivity contribution in [2.45, 2.75) is 13.3 Å². The average molecular weight is 208 g/mol. The molecule has 1 N–H and O–H groups in total. The molecule has 0 spiro atoms. The molecule has 0 unspecified atom stereocenters. The summed E-state index contributed by atoms with van der Waals surface area (Å²) in [5.41, 5.74) is 5.29. The summed E-state index contributed by atoms with van der Waals surface area (Å²) >= 11 is 0. The van der Waals surface area contributed by atoms with Gasteiger partial charge in [0.05, 0.1) is 0 Å². The Kier molecular flexibility index (Phi) is 2.10. The molecule has 0 saturated carbocycles. The summed E-state index contributed by atoms with van der Waals surface area (Å²) in [5, 5.41) is 1.34. The molecule has 0 bridgehead atoms. The van der Waals surface area contributed by atoms with Crippen LogP contribution in [0.15, 0.2) is 48.7 Å². The van der Waals surface area contributed by atoms with E-state index in [0.717, 1.165) is 6.42 Å². The number of aromatic amines is 1. The molecule has 0 amide bonds. The fraction of sp³-hybridized carbons (Fsp3) is 0.133. The highest BCUT2D eigenvalue weighted by Crippen LogP contribution is 2.22. The molecule has 1 aromatic heterocycles. The first-order chi connectivity index (χ1) is 7.83. The van der Waals surface area contributed by atoms with Crippen LogP contribution in [0.25, 0.3) is 10.9 Å². The molecule has 80 valence electrons. The van der Waals surface area contributed by atoms with E-state index in [1.165, 1.54) is 27.6 Å². The smallest absolute Gasteiger partial charge is 0.0459 e. The first-order valence-electron chi connectivity index (χ1n) is 5.60. The standard InChI is InChI=1S/C15H14N/c1-11-6-7-14-13(10-16-15(14)8-11)9-12-4-2-3-5-12/h2-8,10,16H,9H2,1H3/q-1. The number of hydrogen-bond donors (Lipinski definition) is 1. The van der Waals surface area contributed by atoms with Gasteiger partial charge in [0.2, 0.25) is 0 Å². The highest BCUT2D eigenvalue weighted by Gasteiger charge is 2.01. The van der Waals surface area contributed by atoms with Gasteiger partial charge in [0.25, 0.3) is 0 Å². The zero-order valence-corrected chi connectivity index (χ0v) is 9.33. The predicted octanol–water partition coefficient (Wildman–Crippen LogP) is 3.79. The summed E-state index contributed by atoms with van der Waals surface area (Å²) in [4.78, 5) is 3.34. The molecule has 0 aliphatic rings. The van der Waals surface area contributed by atoms with E-state index < -0.39 is 0 Å². The first kappa shape index (κ1) is 9.34. The second-order valence-electron chi connectivity index (χ2n) is 4.33. The Morgan fingerprint density at radius 2 is 2.19 bits per heavy atom. The molecule has 0 aliphatic heterocycles. The molecule has 2 aromatic carbocycles. The van der Waals surface area contributed by atoms with Gasteiger partial charge in [0.15, 0.2) is 0 Å². The van der Waals surface area contributed by atoms with Gasteiger partial charge in [0, 0.05) is 17.1 Å². The van der Waals surface area contributed by atoms with Crippen molar-refractivity contribution < 1.29 is 0 Å². The highest BCUT2D eigenvalue weighted by molar-refractivity contribution is 5.84. The number of hydrogen-bond acceptors (Lipinski definition) is 0.